The maximum atomic E-state index is 9.38. The summed E-state index contributed by atoms with van der Waals surface area (Å²) in [7, 11) is 0. The summed E-state index contributed by atoms with van der Waals surface area (Å²) >= 11 is 0. The summed E-state index contributed by atoms with van der Waals surface area (Å²) in [6.07, 6.45) is 0. The highest BCUT2D eigenvalue weighted by molar-refractivity contribution is 6.24. The van der Waals surface area contributed by atoms with E-state index < -0.39 is 24.2 Å². The van der Waals surface area contributed by atoms with Gasteiger partial charge >= 0.3 is 0 Å². The summed E-state index contributed by atoms with van der Waals surface area (Å²) in [4.78, 5) is 0. The fourth-order valence-corrected chi connectivity index (χ4v) is 7.12. The van der Waals surface area contributed by atoms with Gasteiger partial charge in [0.25, 0.3) is 0 Å². The highest BCUT2D eigenvalue weighted by Gasteiger charge is 2.18. The topological polar surface area (TPSA) is 13.1 Å². The highest BCUT2D eigenvalue weighted by atomic mass is 16.3. The summed E-state index contributed by atoms with van der Waals surface area (Å²) < 4.78 is 79.0. The second kappa shape index (κ2) is 10.2. The van der Waals surface area contributed by atoms with Gasteiger partial charge in [-0.2, -0.15) is 0 Å². The second-order valence-electron chi connectivity index (χ2n) is 11.9. The van der Waals surface area contributed by atoms with Crippen molar-refractivity contribution in [1.29, 1.82) is 0 Å². The minimum Gasteiger partial charge on any atom is -0.456 e. The Morgan fingerprint density at radius 3 is 1.60 bits per heavy atom. The molecule has 10 rings (SSSR count). The molecule has 0 spiro atoms. The molecule has 0 aliphatic heterocycles. The molecule has 0 saturated heterocycles. The van der Waals surface area contributed by atoms with Gasteiger partial charge in [-0.15, -0.1) is 0 Å². The predicted octanol–water partition coefficient (Wildman–Crippen LogP) is 13.2. The van der Waals surface area contributed by atoms with Crippen molar-refractivity contribution in [3.8, 4) is 33.4 Å². The van der Waals surface area contributed by atoms with Crippen LogP contribution in [-0.4, -0.2) is 0 Å². The molecule has 1 nitrogen and oxygen atoms in total. The molecule has 0 bridgehead atoms. The van der Waals surface area contributed by atoms with Crippen LogP contribution < -0.4 is 0 Å². The molecule has 0 atom stereocenters. The van der Waals surface area contributed by atoms with Gasteiger partial charge in [0.05, 0.1) is 11.0 Å². The normalized spacial score (nSPS) is 14.2. The maximum absolute atomic E-state index is 9.38. The number of hydrogen-bond acceptors (Lipinski definition) is 1. The van der Waals surface area contributed by atoms with E-state index in [9.17, 15) is 5.48 Å². The van der Waals surface area contributed by atoms with Gasteiger partial charge in [-0.05, 0) is 107 Å². The standard InChI is InChI=1S/C46H28O/c1-2-10-29(11-3-1)31-18-19-33-27-34(21-20-32(33)26-31)44-37-14-6-8-16-39(37)45(40-17-9-7-15-38(40)44)35-23-24-42-41(28-35)46-36-13-5-4-12-30(36)22-25-43(46)47-42/h1-28H/i6D,7D,8D,9D,14D,15D,16D,17D. The van der Waals surface area contributed by atoms with Crippen molar-refractivity contribution in [1.82, 2.24) is 0 Å². The Hall–Kier alpha value is -6.18. The largest absolute Gasteiger partial charge is 0.456 e. The van der Waals surface area contributed by atoms with Crippen LogP contribution in [0, 0.1) is 0 Å². The maximum Gasteiger partial charge on any atom is 0.136 e. The fraction of sp³-hybridized carbons (Fsp3) is 0. The molecule has 1 aromatic heterocycles. The quantitative estimate of drug-likeness (QED) is 0.183. The van der Waals surface area contributed by atoms with E-state index in [4.69, 9.17) is 9.90 Å². The first kappa shape index (κ1) is 19.4. The lowest BCUT2D eigenvalue weighted by molar-refractivity contribution is 0.669. The van der Waals surface area contributed by atoms with Crippen LogP contribution in [0.2, 0.25) is 0 Å². The number of hydrogen-bond donors (Lipinski definition) is 0. The SMILES string of the molecule is [2H]c1c([2H])c([2H])c2c(-c3ccc4oc5ccc6ccccc6c5c4c3)c3c([2H])c([2H])c([2H])c([2H])c3c(-c3ccc4cc(-c5ccccc5)ccc4c3)c2c1[2H]. The first-order valence-corrected chi connectivity index (χ1v) is 15.5. The van der Waals surface area contributed by atoms with Gasteiger partial charge in [-0.25, -0.2) is 0 Å². The Bertz CT molecular complexity index is 3220. The molecule has 1 heteroatoms. The lowest BCUT2D eigenvalue weighted by atomic mass is 9.85. The highest BCUT2D eigenvalue weighted by Crippen LogP contribution is 2.45. The van der Waals surface area contributed by atoms with Gasteiger partial charge < -0.3 is 4.42 Å². The minimum absolute atomic E-state index is 0.176. The average Bonchev–Trinajstić information content (AvgIpc) is 3.61. The third-order valence-electron chi connectivity index (χ3n) is 9.26. The lowest BCUT2D eigenvalue weighted by Crippen LogP contribution is -1.91. The van der Waals surface area contributed by atoms with Crippen LogP contribution in [0.15, 0.2) is 174 Å². The average molecular weight is 605 g/mol. The van der Waals surface area contributed by atoms with Crippen molar-refractivity contribution in [2.75, 3.05) is 0 Å². The summed E-state index contributed by atoms with van der Waals surface area (Å²) in [5.74, 6) is 0. The van der Waals surface area contributed by atoms with Gasteiger partial charge in [-0.1, -0.05) is 139 Å². The molecule has 0 saturated carbocycles. The van der Waals surface area contributed by atoms with Gasteiger partial charge in [0, 0.05) is 10.8 Å². The number of fused-ring (bicyclic) bond motifs is 8. The monoisotopic (exact) mass is 604 g/mol. The molecule has 10 aromatic rings. The third-order valence-corrected chi connectivity index (χ3v) is 9.26. The Morgan fingerprint density at radius 2 is 0.894 bits per heavy atom. The van der Waals surface area contributed by atoms with Crippen molar-refractivity contribution in [3.05, 3.63) is 170 Å². The zero-order chi connectivity index (χ0) is 37.9. The molecule has 0 fully saturated rings. The Labute approximate surface area is 283 Å². The molecule has 0 aliphatic rings. The van der Waals surface area contributed by atoms with E-state index in [-0.39, 0.29) is 45.7 Å². The van der Waals surface area contributed by atoms with Gasteiger partial charge in [0.1, 0.15) is 11.2 Å². The molecular weight excluding hydrogens is 569 g/mol. The molecule has 0 amide bonds. The number of furan rings is 1. The first-order valence-electron chi connectivity index (χ1n) is 19.5. The van der Waals surface area contributed by atoms with Crippen LogP contribution in [0.25, 0.3) is 98.4 Å². The van der Waals surface area contributed by atoms with E-state index in [1.165, 1.54) is 0 Å². The van der Waals surface area contributed by atoms with Crippen LogP contribution >= 0.6 is 0 Å². The van der Waals surface area contributed by atoms with Gasteiger partial charge in [-0.3, -0.25) is 0 Å². The van der Waals surface area contributed by atoms with E-state index >= 15 is 0 Å². The predicted molar refractivity (Wildman–Crippen MR) is 200 cm³/mol. The summed E-state index contributed by atoms with van der Waals surface area (Å²) in [5.41, 5.74) is 5.15. The van der Waals surface area contributed by atoms with Crippen molar-refractivity contribution in [2.24, 2.45) is 0 Å². The third kappa shape index (κ3) is 4.03. The Balaban J connectivity index is 1.36. The van der Waals surface area contributed by atoms with Crippen LogP contribution in [0.3, 0.4) is 0 Å². The van der Waals surface area contributed by atoms with Crippen molar-refractivity contribution < 1.29 is 15.4 Å². The lowest BCUT2D eigenvalue weighted by Gasteiger charge is -2.18. The van der Waals surface area contributed by atoms with Crippen molar-refractivity contribution >= 4 is 65.0 Å². The molecule has 0 unspecified atom stereocenters. The second-order valence-corrected chi connectivity index (χ2v) is 11.9. The zero-order valence-corrected chi connectivity index (χ0v) is 25.0. The molecule has 1 heterocycles. The smallest absolute Gasteiger partial charge is 0.136 e. The van der Waals surface area contributed by atoms with E-state index in [0.717, 1.165) is 43.4 Å². The van der Waals surface area contributed by atoms with E-state index in [0.29, 0.717) is 33.4 Å². The zero-order valence-electron chi connectivity index (χ0n) is 33.0. The summed E-state index contributed by atoms with van der Waals surface area (Å²) in [6.45, 7) is 0. The van der Waals surface area contributed by atoms with Gasteiger partial charge in [0.2, 0.25) is 0 Å². The summed E-state index contributed by atoms with van der Waals surface area (Å²) in [6, 6.07) is 36.4. The Kier molecular flexibility index (Phi) is 4.19. The first-order chi connectivity index (χ1) is 26.6. The minimum atomic E-state index is -0.433. The Morgan fingerprint density at radius 1 is 0.362 bits per heavy atom. The van der Waals surface area contributed by atoms with E-state index in [1.807, 2.05) is 109 Å². The molecule has 218 valence electrons. The summed E-state index contributed by atoms with van der Waals surface area (Å²) in [5, 5.41) is 6.21. The molecule has 0 radical (unpaired) electrons. The van der Waals surface area contributed by atoms with Crippen LogP contribution in [0.4, 0.5) is 0 Å². The number of rotatable bonds is 3. The fourth-order valence-electron chi connectivity index (χ4n) is 7.12. The molecule has 0 N–H and O–H groups in total. The number of benzene rings is 9. The van der Waals surface area contributed by atoms with Crippen LogP contribution in [0.5, 0.6) is 0 Å². The van der Waals surface area contributed by atoms with Gasteiger partial charge in [0.15, 0.2) is 0 Å². The molecule has 9 aromatic carbocycles. The van der Waals surface area contributed by atoms with E-state index in [2.05, 4.69) is 6.07 Å². The molecule has 47 heavy (non-hydrogen) atoms. The van der Waals surface area contributed by atoms with Crippen LogP contribution in [0.1, 0.15) is 11.0 Å². The van der Waals surface area contributed by atoms with Crippen molar-refractivity contribution in [3.63, 3.8) is 0 Å². The van der Waals surface area contributed by atoms with Crippen LogP contribution in [-0.2, 0) is 0 Å². The van der Waals surface area contributed by atoms with E-state index in [1.54, 1.807) is 6.07 Å². The molecule has 0 aliphatic carbocycles. The molecular formula is C46H28O. The van der Waals surface area contributed by atoms with Crippen molar-refractivity contribution in [2.45, 2.75) is 0 Å².